The summed E-state index contributed by atoms with van der Waals surface area (Å²) >= 11 is -5.28. The van der Waals surface area contributed by atoms with Crippen LogP contribution in [0.4, 0.5) is 11.7 Å². The van der Waals surface area contributed by atoms with E-state index in [-0.39, 0.29) is 12.5 Å². The Morgan fingerprint density at radius 3 is 2.66 bits per heavy atom. The molecule has 8 heteroatoms. The fraction of sp³-hybridized carbons (Fsp3) is 0.238. The highest BCUT2D eigenvalue weighted by atomic mass is 32.3. The van der Waals surface area contributed by atoms with Gasteiger partial charge in [0.2, 0.25) is 17.1 Å². The molecule has 2 aliphatic heterocycles. The van der Waals surface area contributed by atoms with E-state index in [2.05, 4.69) is 12.6 Å². The lowest BCUT2D eigenvalue weighted by molar-refractivity contribution is -0.127. The van der Waals surface area contributed by atoms with Gasteiger partial charge in [-0.1, -0.05) is 18.7 Å². The maximum Gasteiger partial charge on any atom is 0.246 e. The highest BCUT2D eigenvalue weighted by molar-refractivity contribution is 8.20. The van der Waals surface area contributed by atoms with Crippen LogP contribution in [-0.2, 0) is 17.8 Å². The fourth-order valence-electron chi connectivity index (χ4n) is 4.02. The van der Waals surface area contributed by atoms with E-state index in [1.165, 1.54) is 18.2 Å². The summed E-state index contributed by atoms with van der Waals surface area (Å²) in [6.45, 7) is 4.57. The van der Waals surface area contributed by atoms with Crippen molar-refractivity contribution >= 4 is 17.1 Å². The summed E-state index contributed by atoms with van der Waals surface area (Å²) in [5.74, 6) is -0.116. The number of fused-ring (bicyclic) bond motifs is 3. The van der Waals surface area contributed by atoms with Gasteiger partial charge in [-0.25, -0.2) is 0 Å². The number of hydrogen-bond donors (Lipinski definition) is 0. The van der Waals surface area contributed by atoms with Crippen molar-refractivity contribution in [2.75, 3.05) is 13.2 Å². The molecular formula is C21H17F3N2O2S. The summed E-state index contributed by atoms with van der Waals surface area (Å²) in [6.07, 6.45) is 1.85. The number of rotatable bonds is 3. The molecule has 0 radical (unpaired) electrons. The Morgan fingerprint density at radius 1 is 1.31 bits per heavy atom. The van der Waals surface area contributed by atoms with E-state index < -0.39 is 22.0 Å². The molecule has 0 saturated heterocycles. The molecule has 29 heavy (non-hydrogen) atoms. The van der Waals surface area contributed by atoms with Crippen molar-refractivity contribution in [2.45, 2.75) is 23.8 Å². The molecule has 1 amide bonds. The first kappa shape index (κ1) is 19.4. The summed E-state index contributed by atoms with van der Waals surface area (Å²) in [5, 5.41) is 9.68. The average molecular weight is 418 g/mol. The molecule has 2 aromatic rings. The molecule has 0 saturated carbocycles. The van der Waals surface area contributed by atoms with E-state index in [0.29, 0.717) is 36.4 Å². The van der Waals surface area contributed by atoms with Gasteiger partial charge < -0.3 is 9.64 Å². The predicted octanol–water partition coefficient (Wildman–Crippen LogP) is 5.24. The van der Waals surface area contributed by atoms with Gasteiger partial charge in [0.05, 0.1) is 23.5 Å². The number of carbonyl (C=O) groups is 1. The summed E-state index contributed by atoms with van der Waals surface area (Å²) in [4.78, 5) is 13.1. The van der Waals surface area contributed by atoms with Crippen LogP contribution in [0.5, 0.6) is 5.75 Å². The van der Waals surface area contributed by atoms with Gasteiger partial charge in [-0.15, -0.1) is 11.7 Å². The van der Waals surface area contributed by atoms with Gasteiger partial charge in [0, 0.05) is 30.6 Å². The maximum atomic E-state index is 13.0. The lowest BCUT2D eigenvalue weighted by atomic mass is 9.83. The quantitative estimate of drug-likeness (QED) is 0.641. The SMILES string of the molecule is C=CC(=O)N1Cc2cc(-c3ccc(S(F)(F)F)cc3)c3c(c2C(C#N)C1)CCO3. The summed E-state index contributed by atoms with van der Waals surface area (Å²) in [7, 11) is 0. The molecule has 0 aromatic heterocycles. The molecule has 150 valence electrons. The zero-order valence-corrected chi connectivity index (χ0v) is 16.1. The molecule has 2 aliphatic rings. The van der Waals surface area contributed by atoms with Gasteiger partial charge in [-0.05, 0) is 41.0 Å². The van der Waals surface area contributed by atoms with Crippen molar-refractivity contribution in [3.05, 3.63) is 59.7 Å². The standard InChI is InChI=1S/C21H17F3N2O2S/c1-2-19(27)26-11-14-9-18(13-3-5-16(6-4-13)29(22,23)24)21-17(7-8-28-21)20(14)15(10-25)12-26/h2-6,9,15H,1,7-8,11-12H2. The summed E-state index contributed by atoms with van der Waals surface area (Å²) < 4.78 is 44.8. The molecule has 4 rings (SSSR count). The topological polar surface area (TPSA) is 53.3 Å². The molecule has 0 bridgehead atoms. The molecule has 1 atom stereocenters. The van der Waals surface area contributed by atoms with Crippen LogP contribution in [0.1, 0.15) is 22.6 Å². The zero-order valence-electron chi connectivity index (χ0n) is 15.3. The molecule has 4 nitrogen and oxygen atoms in total. The normalized spacial score (nSPS) is 18.3. The van der Waals surface area contributed by atoms with Gasteiger partial charge in [0.15, 0.2) is 0 Å². The smallest absolute Gasteiger partial charge is 0.246 e. The van der Waals surface area contributed by atoms with Crippen molar-refractivity contribution in [3.8, 4) is 22.9 Å². The van der Waals surface area contributed by atoms with Gasteiger partial charge in [-0.2, -0.15) is 5.26 Å². The van der Waals surface area contributed by atoms with E-state index in [0.717, 1.165) is 28.8 Å². The third-order valence-electron chi connectivity index (χ3n) is 5.29. The lowest BCUT2D eigenvalue weighted by Gasteiger charge is -2.33. The second kappa shape index (κ2) is 7.16. The van der Waals surface area contributed by atoms with Crippen LogP contribution in [-0.4, -0.2) is 24.0 Å². The maximum absolute atomic E-state index is 13.0. The molecule has 2 aromatic carbocycles. The van der Waals surface area contributed by atoms with Crippen molar-refractivity contribution in [2.24, 2.45) is 0 Å². The molecule has 1 unspecified atom stereocenters. The number of amides is 1. The van der Waals surface area contributed by atoms with Crippen molar-refractivity contribution in [3.63, 3.8) is 0 Å². The van der Waals surface area contributed by atoms with Crippen molar-refractivity contribution < 1.29 is 21.2 Å². The highest BCUT2D eigenvalue weighted by Gasteiger charge is 2.34. The largest absolute Gasteiger partial charge is 0.492 e. The van der Waals surface area contributed by atoms with E-state index in [1.807, 2.05) is 6.07 Å². The number of ether oxygens (including phenoxy) is 1. The molecular weight excluding hydrogens is 401 g/mol. The monoisotopic (exact) mass is 418 g/mol. The number of nitriles is 1. The number of carbonyl (C=O) groups excluding carboxylic acids is 1. The lowest BCUT2D eigenvalue weighted by Crippen LogP contribution is -2.37. The molecule has 0 fully saturated rings. The van der Waals surface area contributed by atoms with E-state index in [9.17, 15) is 21.7 Å². The van der Waals surface area contributed by atoms with E-state index in [4.69, 9.17) is 4.74 Å². The minimum atomic E-state index is -5.28. The molecule has 2 heterocycles. The Kier molecular flexibility index (Phi) is 4.79. The van der Waals surface area contributed by atoms with Gasteiger partial charge in [-0.3, -0.25) is 4.79 Å². The third kappa shape index (κ3) is 3.36. The zero-order chi connectivity index (χ0) is 20.8. The minimum absolute atomic E-state index is 0.258. The van der Waals surface area contributed by atoms with E-state index >= 15 is 0 Å². The first-order chi connectivity index (χ1) is 13.8. The number of halogens is 3. The first-order valence-corrected chi connectivity index (χ1v) is 10.3. The number of hydrogen-bond acceptors (Lipinski definition) is 3. The Hall–Kier alpha value is -2.92. The van der Waals surface area contributed by atoms with Crippen LogP contribution in [0.3, 0.4) is 0 Å². The van der Waals surface area contributed by atoms with Gasteiger partial charge in [0.1, 0.15) is 5.75 Å². The van der Waals surface area contributed by atoms with Gasteiger partial charge >= 0.3 is 0 Å². The van der Waals surface area contributed by atoms with Crippen molar-refractivity contribution in [1.82, 2.24) is 4.90 Å². The summed E-state index contributed by atoms with van der Waals surface area (Å²) in [5.41, 5.74) is 3.92. The average Bonchev–Trinajstić information content (AvgIpc) is 3.20. The molecule has 0 N–H and O–H groups in total. The van der Waals surface area contributed by atoms with E-state index in [1.54, 1.807) is 4.90 Å². The number of nitrogens with zero attached hydrogens (tertiary/aromatic N) is 2. The Balaban J connectivity index is 1.84. The Morgan fingerprint density at radius 2 is 2.03 bits per heavy atom. The Bertz CT molecular complexity index is 1040. The molecule has 0 spiro atoms. The van der Waals surface area contributed by atoms with Crippen LogP contribution in [0.2, 0.25) is 0 Å². The minimum Gasteiger partial charge on any atom is -0.492 e. The van der Waals surface area contributed by atoms with Crippen LogP contribution >= 0.6 is 11.2 Å². The fourth-order valence-corrected chi connectivity index (χ4v) is 4.46. The molecule has 0 aliphatic carbocycles. The van der Waals surface area contributed by atoms with Gasteiger partial charge in [0.25, 0.3) is 0 Å². The second-order valence-electron chi connectivity index (χ2n) is 6.94. The van der Waals surface area contributed by atoms with Crippen LogP contribution in [0, 0.1) is 11.3 Å². The van der Waals surface area contributed by atoms with Crippen LogP contribution in [0.15, 0.2) is 47.9 Å². The van der Waals surface area contributed by atoms with Crippen LogP contribution in [0.25, 0.3) is 11.1 Å². The second-order valence-corrected chi connectivity index (χ2v) is 8.22. The predicted molar refractivity (Wildman–Crippen MR) is 104 cm³/mol. The third-order valence-corrected chi connectivity index (χ3v) is 6.10. The summed E-state index contributed by atoms with van der Waals surface area (Å²) in [6, 6.07) is 9.15. The van der Waals surface area contributed by atoms with Crippen LogP contribution < -0.4 is 4.74 Å². The first-order valence-electron chi connectivity index (χ1n) is 8.98. The Labute approximate surface area is 168 Å². The number of benzene rings is 2. The van der Waals surface area contributed by atoms with Crippen molar-refractivity contribution in [1.29, 1.82) is 5.26 Å². The highest BCUT2D eigenvalue weighted by Crippen LogP contribution is 2.60.